The van der Waals surface area contributed by atoms with Crippen LogP contribution in [-0.4, -0.2) is 16.1 Å². The Balaban J connectivity index is 2.12. The molecule has 3 rings (SSSR count). The summed E-state index contributed by atoms with van der Waals surface area (Å²) in [5.41, 5.74) is 2.86. The molecule has 88 valence electrons. The van der Waals surface area contributed by atoms with Crippen LogP contribution in [-0.2, 0) is 17.6 Å². The monoisotopic (exact) mass is 233 g/mol. The van der Waals surface area contributed by atoms with Crippen molar-refractivity contribution in [3.63, 3.8) is 0 Å². The van der Waals surface area contributed by atoms with Gasteiger partial charge in [0, 0.05) is 16.6 Å². The molecule has 0 spiro atoms. The Morgan fingerprint density at radius 3 is 3.06 bits per heavy atom. The molecular formula is C13H12FNO2. The number of nitrogens with one attached hydrogen (secondary N) is 1. The van der Waals surface area contributed by atoms with Gasteiger partial charge in [0.25, 0.3) is 0 Å². The lowest BCUT2D eigenvalue weighted by atomic mass is 9.86. The molecule has 0 radical (unpaired) electrons. The first-order chi connectivity index (χ1) is 8.15. The van der Waals surface area contributed by atoms with Crippen molar-refractivity contribution in [2.45, 2.75) is 19.3 Å². The summed E-state index contributed by atoms with van der Waals surface area (Å²) < 4.78 is 13.1. The largest absolute Gasteiger partial charge is 0.481 e. The van der Waals surface area contributed by atoms with Crippen molar-refractivity contribution in [3.8, 4) is 0 Å². The van der Waals surface area contributed by atoms with Gasteiger partial charge in [0.05, 0.1) is 5.92 Å². The number of hydrogen-bond acceptors (Lipinski definition) is 1. The van der Waals surface area contributed by atoms with Crippen molar-refractivity contribution >= 4 is 16.9 Å². The van der Waals surface area contributed by atoms with Gasteiger partial charge in [-0.25, -0.2) is 4.39 Å². The van der Waals surface area contributed by atoms with E-state index in [0.29, 0.717) is 12.8 Å². The molecular weight excluding hydrogens is 221 g/mol. The Kier molecular flexibility index (Phi) is 2.18. The first-order valence-corrected chi connectivity index (χ1v) is 5.67. The van der Waals surface area contributed by atoms with E-state index in [-0.39, 0.29) is 11.7 Å². The van der Waals surface area contributed by atoms with Crippen LogP contribution in [0.25, 0.3) is 10.9 Å². The molecule has 1 unspecified atom stereocenters. The number of hydrogen-bond donors (Lipinski definition) is 2. The molecule has 3 nitrogen and oxygen atoms in total. The maximum Gasteiger partial charge on any atom is 0.306 e. The molecule has 0 bridgehead atoms. The van der Waals surface area contributed by atoms with Gasteiger partial charge >= 0.3 is 5.97 Å². The van der Waals surface area contributed by atoms with E-state index >= 15 is 0 Å². The third kappa shape index (κ3) is 1.60. The number of aliphatic carboxylic acids is 1. The fourth-order valence-corrected chi connectivity index (χ4v) is 2.61. The second kappa shape index (κ2) is 3.58. The van der Waals surface area contributed by atoms with Crippen molar-refractivity contribution < 1.29 is 14.3 Å². The Labute approximate surface area is 97.3 Å². The number of aryl methyl sites for hydroxylation is 1. The molecule has 1 atom stereocenters. The Morgan fingerprint density at radius 2 is 2.29 bits per heavy atom. The SMILES string of the molecule is O=C(O)C1CCc2[nH]c3cc(F)ccc3c2C1. The first kappa shape index (κ1) is 10.3. The fourth-order valence-electron chi connectivity index (χ4n) is 2.61. The molecule has 0 aliphatic heterocycles. The number of aromatic amines is 1. The summed E-state index contributed by atoms with van der Waals surface area (Å²) in [4.78, 5) is 14.2. The van der Waals surface area contributed by atoms with Crippen LogP contribution in [0.3, 0.4) is 0 Å². The van der Waals surface area contributed by atoms with Crippen LogP contribution in [0.15, 0.2) is 18.2 Å². The molecule has 2 N–H and O–H groups in total. The van der Waals surface area contributed by atoms with Crippen molar-refractivity contribution in [1.29, 1.82) is 0 Å². The normalized spacial score (nSPS) is 19.2. The summed E-state index contributed by atoms with van der Waals surface area (Å²) in [6.07, 6.45) is 1.91. The van der Waals surface area contributed by atoms with Gasteiger partial charge in [-0.1, -0.05) is 0 Å². The lowest BCUT2D eigenvalue weighted by molar-refractivity contribution is -0.142. The second-order valence-electron chi connectivity index (χ2n) is 4.55. The summed E-state index contributed by atoms with van der Waals surface area (Å²) in [7, 11) is 0. The molecule has 17 heavy (non-hydrogen) atoms. The number of fused-ring (bicyclic) bond motifs is 3. The van der Waals surface area contributed by atoms with Crippen molar-refractivity contribution in [3.05, 3.63) is 35.3 Å². The number of carboxylic acids is 1. The Hall–Kier alpha value is -1.84. The predicted octanol–water partition coefficient (Wildman–Crippen LogP) is 2.50. The van der Waals surface area contributed by atoms with Crippen LogP contribution in [0.5, 0.6) is 0 Å². The molecule has 4 heteroatoms. The zero-order valence-corrected chi connectivity index (χ0v) is 9.16. The van der Waals surface area contributed by atoms with E-state index < -0.39 is 5.97 Å². The van der Waals surface area contributed by atoms with Crippen LogP contribution in [0.4, 0.5) is 4.39 Å². The smallest absolute Gasteiger partial charge is 0.306 e. The van der Waals surface area contributed by atoms with Gasteiger partial charge in [-0.05, 0) is 43.0 Å². The van der Waals surface area contributed by atoms with E-state index in [4.69, 9.17) is 5.11 Å². The maximum atomic E-state index is 13.1. The van der Waals surface area contributed by atoms with Crippen molar-refractivity contribution in [1.82, 2.24) is 4.98 Å². The third-order valence-corrected chi connectivity index (χ3v) is 3.50. The van der Waals surface area contributed by atoms with E-state index in [0.717, 1.165) is 28.6 Å². The summed E-state index contributed by atoms with van der Waals surface area (Å²) in [6.45, 7) is 0. The van der Waals surface area contributed by atoms with Gasteiger partial charge in [-0.3, -0.25) is 4.79 Å². The van der Waals surface area contributed by atoms with Crippen molar-refractivity contribution in [2.75, 3.05) is 0 Å². The number of halogens is 1. The summed E-state index contributed by atoms with van der Waals surface area (Å²) in [5.74, 6) is -1.33. The number of rotatable bonds is 1. The average Bonchev–Trinajstić information content (AvgIpc) is 2.64. The van der Waals surface area contributed by atoms with Crippen LogP contribution in [0.2, 0.25) is 0 Å². The van der Waals surface area contributed by atoms with E-state index in [1.54, 1.807) is 6.07 Å². The van der Waals surface area contributed by atoms with Gasteiger partial charge in [0.1, 0.15) is 5.82 Å². The molecule has 1 aliphatic rings. The minimum atomic E-state index is -0.743. The lowest BCUT2D eigenvalue weighted by Gasteiger charge is -2.18. The molecule has 1 heterocycles. The van der Waals surface area contributed by atoms with Gasteiger partial charge in [-0.15, -0.1) is 0 Å². The van der Waals surface area contributed by atoms with E-state index in [1.807, 2.05) is 0 Å². The van der Waals surface area contributed by atoms with Gasteiger partial charge in [0.2, 0.25) is 0 Å². The maximum absolute atomic E-state index is 13.1. The van der Waals surface area contributed by atoms with E-state index in [2.05, 4.69) is 4.98 Å². The molecule has 0 amide bonds. The lowest BCUT2D eigenvalue weighted by Crippen LogP contribution is -2.21. The third-order valence-electron chi connectivity index (χ3n) is 3.50. The van der Waals surface area contributed by atoms with Crippen LogP contribution >= 0.6 is 0 Å². The quantitative estimate of drug-likeness (QED) is 0.795. The van der Waals surface area contributed by atoms with Crippen LogP contribution in [0, 0.1) is 11.7 Å². The molecule has 0 fully saturated rings. The first-order valence-electron chi connectivity index (χ1n) is 5.67. The van der Waals surface area contributed by atoms with Crippen molar-refractivity contribution in [2.24, 2.45) is 5.92 Å². The highest BCUT2D eigenvalue weighted by atomic mass is 19.1. The highest BCUT2D eigenvalue weighted by Gasteiger charge is 2.26. The summed E-state index contributed by atoms with van der Waals surface area (Å²) >= 11 is 0. The predicted molar refractivity (Wildman–Crippen MR) is 61.4 cm³/mol. The molecule has 0 saturated carbocycles. The molecule has 0 saturated heterocycles. The number of benzene rings is 1. The molecule has 1 aliphatic carbocycles. The Bertz CT molecular complexity index is 603. The molecule has 1 aromatic carbocycles. The highest BCUT2D eigenvalue weighted by Crippen LogP contribution is 2.32. The summed E-state index contributed by atoms with van der Waals surface area (Å²) in [6, 6.07) is 4.61. The zero-order valence-electron chi connectivity index (χ0n) is 9.16. The number of carboxylic acid groups (broad SMARTS) is 1. The number of carbonyl (C=O) groups is 1. The van der Waals surface area contributed by atoms with E-state index in [9.17, 15) is 9.18 Å². The fraction of sp³-hybridized carbons (Fsp3) is 0.308. The molecule has 1 aromatic heterocycles. The van der Waals surface area contributed by atoms with Gasteiger partial charge in [-0.2, -0.15) is 0 Å². The standard InChI is InChI=1S/C13H12FNO2/c14-8-2-3-9-10-5-7(13(16)17)1-4-11(10)15-12(9)6-8/h2-3,6-7,15H,1,4-5H2,(H,16,17). The minimum absolute atomic E-state index is 0.272. The van der Waals surface area contributed by atoms with Crippen LogP contribution < -0.4 is 0 Å². The Morgan fingerprint density at radius 1 is 1.47 bits per heavy atom. The highest BCUT2D eigenvalue weighted by molar-refractivity contribution is 5.86. The van der Waals surface area contributed by atoms with E-state index in [1.165, 1.54) is 12.1 Å². The zero-order chi connectivity index (χ0) is 12.0. The number of aromatic nitrogens is 1. The minimum Gasteiger partial charge on any atom is -0.481 e. The number of H-pyrrole nitrogens is 1. The average molecular weight is 233 g/mol. The summed E-state index contributed by atoms with van der Waals surface area (Å²) in [5, 5.41) is 10.00. The van der Waals surface area contributed by atoms with Gasteiger partial charge < -0.3 is 10.1 Å². The van der Waals surface area contributed by atoms with Crippen LogP contribution in [0.1, 0.15) is 17.7 Å². The second-order valence-corrected chi connectivity index (χ2v) is 4.55. The topological polar surface area (TPSA) is 53.1 Å². The van der Waals surface area contributed by atoms with Gasteiger partial charge in [0.15, 0.2) is 0 Å². The molecule has 2 aromatic rings.